The molecule has 0 radical (unpaired) electrons. The van der Waals surface area contributed by atoms with Gasteiger partial charge in [0.25, 0.3) is 0 Å². The molecule has 0 spiro atoms. The van der Waals surface area contributed by atoms with E-state index in [1.165, 1.54) is 25.7 Å². The third-order valence-corrected chi connectivity index (χ3v) is 4.66. The average molecular weight is 301 g/mol. The number of para-hydroxylation sites is 1. The number of rotatable bonds is 4. The number of carbonyl (C=O) groups excluding carboxylic acids is 2. The van der Waals surface area contributed by atoms with Crippen LogP contribution in [0.3, 0.4) is 0 Å². The number of hydrogen-bond acceptors (Lipinski definition) is 3. The van der Waals surface area contributed by atoms with Gasteiger partial charge in [0.15, 0.2) is 0 Å². The highest BCUT2D eigenvalue weighted by molar-refractivity contribution is 5.95. The van der Waals surface area contributed by atoms with Gasteiger partial charge in [-0.25, -0.2) is 0 Å². The van der Waals surface area contributed by atoms with Crippen molar-refractivity contribution in [1.29, 1.82) is 0 Å². The number of amides is 2. The molecular weight excluding hydrogens is 278 g/mol. The lowest BCUT2D eigenvalue weighted by atomic mass is 9.85. The number of fused-ring (bicyclic) bond motifs is 1. The Morgan fingerprint density at radius 2 is 1.91 bits per heavy atom. The number of nitrogens with one attached hydrogen (secondary N) is 3. The Kier molecular flexibility index (Phi) is 4.73. The van der Waals surface area contributed by atoms with E-state index in [4.69, 9.17) is 0 Å². The van der Waals surface area contributed by atoms with Gasteiger partial charge in [-0.1, -0.05) is 31.0 Å². The van der Waals surface area contributed by atoms with E-state index in [0.717, 1.165) is 12.1 Å². The Morgan fingerprint density at radius 3 is 2.68 bits per heavy atom. The molecular formula is C17H23N3O2. The lowest BCUT2D eigenvalue weighted by Crippen LogP contribution is -2.45. The summed E-state index contributed by atoms with van der Waals surface area (Å²) < 4.78 is 0. The van der Waals surface area contributed by atoms with E-state index in [9.17, 15) is 9.59 Å². The summed E-state index contributed by atoms with van der Waals surface area (Å²) in [5.74, 6) is 0.371. The van der Waals surface area contributed by atoms with E-state index in [2.05, 4.69) is 16.0 Å². The smallest absolute Gasteiger partial charge is 0.243 e. The van der Waals surface area contributed by atoms with E-state index in [-0.39, 0.29) is 24.4 Å². The van der Waals surface area contributed by atoms with Crippen LogP contribution in [0, 0.1) is 5.92 Å². The first kappa shape index (κ1) is 15.0. The molecule has 3 rings (SSSR count). The zero-order valence-corrected chi connectivity index (χ0v) is 12.7. The van der Waals surface area contributed by atoms with Gasteiger partial charge in [-0.05, 0) is 37.3 Å². The zero-order valence-electron chi connectivity index (χ0n) is 12.7. The highest BCUT2D eigenvalue weighted by atomic mass is 16.2. The largest absolute Gasteiger partial charge is 0.346 e. The first-order chi connectivity index (χ1) is 10.7. The molecule has 22 heavy (non-hydrogen) atoms. The fourth-order valence-corrected chi connectivity index (χ4v) is 3.54. The molecule has 5 nitrogen and oxygen atoms in total. The molecule has 2 fully saturated rings. The van der Waals surface area contributed by atoms with Crippen molar-refractivity contribution in [3.63, 3.8) is 0 Å². The summed E-state index contributed by atoms with van der Waals surface area (Å²) in [4.78, 5) is 24.0. The van der Waals surface area contributed by atoms with E-state index >= 15 is 0 Å². The maximum absolute atomic E-state index is 12.2. The van der Waals surface area contributed by atoms with Gasteiger partial charge < -0.3 is 16.0 Å². The second kappa shape index (κ2) is 6.92. The Bertz CT molecular complexity index is 518. The van der Waals surface area contributed by atoms with Gasteiger partial charge in [0.05, 0.1) is 12.6 Å². The van der Waals surface area contributed by atoms with E-state index < -0.39 is 0 Å². The Hall–Kier alpha value is -1.88. The highest BCUT2D eigenvalue weighted by Gasteiger charge is 2.38. The molecule has 118 valence electrons. The topological polar surface area (TPSA) is 70.2 Å². The van der Waals surface area contributed by atoms with Gasteiger partial charge in [-0.3, -0.25) is 9.59 Å². The lowest BCUT2D eigenvalue weighted by molar-refractivity contribution is -0.125. The third-order valence-electron chi connectivity index (χ3n) is 4.66. The Balaban J connectivity index is 1.43. The van der Waals surface area contributed by atoms with E-state index in [1.54, 1.807) is 0 Å². The fourth-order valence-electron chi connectivity index (χ4n) is 3.54. The van der Waals surface area contributed by atoms with Crippen LogP contribution in [-0.4, -0.2) is 30.4 Å². The van der Waals surface area contributed by atoms with Crippen molar-refractivity contribution in [2.75, 3.05) is 11.9 Å². The Morgan fingerprint density at radius 1 is 1.14 bits per heavy atom. The first-order valence-corrected chi connectivity index (χ1v) is 8.11. The molecule has 1 aliphatic heterocycles. The summed E-state index contributed by atoms with van der Waals surface area (Å²) >= 11 is 0. The SMILES string of the molecule is O=C(CNC(=O)C1CC2CCCCC2N1)Nc1ccccc1. The number of benzene rings is 1. The maximum Gasteiger partial charge on any atom is 0.243 e. The second-order valence-corrected chi connectivity index (χ2v) is 6.24. The van der Waals surface area contributed by atoms with Crippen LogP contribution in [0.4, 0.5) is 5.69 Å². The van der Waals surface area contributed by atoms with Crippen LogP contribution in [0.25, 0.3) is 0 Å². The van der Waals surface area contributed by atoms with Crippen LogP contribution in [0.15, 0.2) is 30.3 Å². The standard InChI is InChI=1S/C17H23N3O2/c21-16(19-13-7-2-1-3-8-13)11-18-17(22)15-10-12-6-4-5-9-14(12)20-15/h1-3,7-8,12,14-15,20H,4-6,9-11H2,(H,18,22)(H,19,21). The third kappa shape index (κ3) is 3.65. The van der Waals surface area contributed by atoms with E-state index in [0.29, 0.717) is 12.0 Å². The quantitative estimate of drug-likeness (QED) is 0.792. The highest BCUT2D eigenvalue weighted by Crippen LogP contribution is 2.33. The molecule has 1 aromatic rings. The number of hydrogen-bond donors (Lipinski definition) is 3. The first-order valence-electron chi connectivity index (χ1n) is 8.11. The zero-order chi connectivity index (χ0) is 15.4. The summed E-state index contributed by atoms with van der Waals surface area (Å²) in [5, 5.41) is 8.93. The maximum atomic E-state index is 12.2. The molecule has 3 N–H and O–H groups in total. The molecule has 0 bridgehead atoms. The fraction of sp³-hybridized carbons (Fsp3) is 0.529. The second-order valence-electron chi connectivity index (χ2n) is 6.24. The van der Waals surface area contributed by atoms with Gasteiger partial charge in [-0.15, -0.1) is 0 Å². The molecule has 3 atom stereocenters. The summed E-state index contributed by atoms with van der Waals surface area (Å²) in [7, 11) is 0. The van der Waals surface area contributed by atoms with Crippen molar-refractivity contribution in [3.05, 3.63) is 30.3 Å². The molecule has 2 amide bonds. The summed E-state index contributed by atoms with van der Waals surface area (Å²) in [5.41, 5.74) is 0.742. The normalized spacial score (nSPS) is 27.0. The van der Waals surface area contributed by atoms with Crippen LogP contribution in [0.5, 0.6) is 0 Å². The van der Waals surface area contributed by atoms with Crippen molar-refractivity contribution < 1.29 is 9.59 Å². The minimum Gasteiger partial charge on any atom is -0.346 e. The predicted octanol–water partition coefficient (Wildman–Crippen LogP) is 1.66. The van der Waals surface area contributed by atoms with Crippen molar-refractivity contribution in [2.24, 2.45) is 5.92 Å². The number of carbonyl (C=O) groups is 2. The average Bonchev–Trinajstić information content (AvgIpc) is 2.98. The summed E-state index contributed by atoms with van der Waals surface area (Å²) in [6, 6.07) is 9.60. The molecule has 1 saturated carbocycles. The van der Waals surface area contributed by atoms with Gasteiger partial charge in [0.1, 0.15) is 0 Å². The van der Waals surface area contributed by atoms with Gasteiger partial charge >= 0.3 is 0 Å². The molecule has 1 aliphatic carbocycles. The van der Waals surface area contributed by atoms with Crippen molar-refractivity contribution in [1.82, 2.24) is 10.6 Å². The van der Waals surface area contributed by atoms with E-state index in [1.807, 2.05) is 30.3 Å². The van der Waals surface area contributed by atoms with Gasteiger partial charge in [0.2, 0.25) is 11.8 Å². The minimum absolute atomic E-state index is 0.0151. The van der Waals surface area contributed by atoms with Gasteiger partial charge in [-0.2, -0.15) is 0 Å². The van der Waals surface area contributed by atoms with Crippen LogP contribution >= 0.6 is 0 Å². The molecule has 3 unspecified atom stereocenters. The van der Waals surface area contributed by atoms with Crippen LogP contribution in [0.1, 0.15) is 32.1 Å². The molecule has 1 saturated heterocycles. The van der Waals surface area contributed by atoms with Gasteiger partial charge in [0, 0.05) is 11.7 Å². The van der Waals surface area contributed by atoms with Crippen LogP contribution in [-0.2, 0) is 9.59 Å². The molecule has 1 aromatic carbocycles. The monoisotopic (exact) mass is 301 g/mol. The van der Waals surface area contributed by atoms with Crippen LogP contribution in [0.2, 0.25) is 0 Å². The molecule has 0 aromatic heterocycles. The number of anilines is 1. The Labute approximate surface area is 130 Å². The minimum atomic E-state index is -0.199. The molecule has 1 heterocycles. The van der Waals surface area contributed by atoms with Crippen molar-refractivity contribution >= 4 is 17.5 Å². The van der Waals surface area contributed by atoms with Crippen LogP contribution < -0.4 is 16.0 Å². The molecule has 5 heteroatoms. The summed E-state index contributed by atoms with van der Waals surface area (Å²) in [6.45, 7) is 0.0151. The predicted molar refractivity (Wildman–Crippen MR) is 85.4 cm³/mol. The summed E-state index contributed by atoms with van der Waals surface area (Å²) in [6.07, 6.45) is 5.81. The lowest BCUT2D eigenvalue weighted by Gasteiger charge is -2.24. The van der Waals surface area contributed by atoms with Crippen molar-refractivity contribution in [3.8, 4) is 0 Å². The van der Waals surface area contributed by atoms with Crippen molar-refractivity contribution in [2.45, 2.75) is 44.2 Å². The molecule has 2 aliphatic rings.